The van der Waals surface area contributed by atoms with E-state index in [-0.39, 0.29) is 5.91 Å². The Morgan fingerprint density at radius 3 is 2.57 bits per heavy atom. The van der Waals surface area contributed by atoms with Crippen LogP contribution < -0.4 is 0 Å². The molecule has 3 heteroatoms. The zero-order chi connectivity index (χ0) is 15.2. The molecule has 3 nitrogen and oxygen atoms in total. The highest BCUT2D eigenvalue weighted by Gasteiger charge is 2.20. The minimum atomic E-state index is 0.226. The van der Waals surface area contributed by atoms with E-state index in [2.05, 4.69) is 43.0 Å². The number of rotatable bonds is 5. The summed E-state index contributed by atoms with van der Waals surface area (Å²) in [4.78, 5) is 16.5. The maximum Gasteiger partial charge on any atom is 0.236 e. The van der Waals surface area contributed by atoms with Gasteiger partial charge in [-0.1, -0.05) is 38.1 Å². The number of carbonyl (C=O) groups is 1. The van der Waals surface area contributed by atoms with Crippen LogP contribution in [0.2, 0.25) is 0 Å². The fourth-order valence-electron chi connectivity index (χ4n) is 2.98. The molecule has 2 rings (SSSR count). The normalized spacial score (nSPS) is 19.5. The van der Waals surface area contributed by atoms with Crippen LogP contribution in [-0.4, -0.2) is 42.4 Å². The Labute approximate surface area is 128 Å². The van der Waals surface area contributed by atoms with Crippen molar-refractivity contribution in [2.45, 2.75) is 39.7 Å². The van der Waals surface area contributed by atoms with Gasteiger partial charge in [-0.15, -0.1) is 0 Å². The standard InChI is InChI=1S/C18H28N2O/c1-4-16-7-9-17(10-8-16)13-19(3)18(21)14-20-11-5-6-15(2)12-20/h7-10,15H,4-6,11-14H2,1-3H3. The maximum atomic E-state index is 12.3. The van der Waals surface area contributed by atoms with Crippen LogP contribution in [-0.2, 0) is 17.8 Å². The summed E-state index contributed by atoms with van der Waals surface area (Å²) in [7, 11) is 1.91. The van der Waals surface area contributed by atoms with Gasteiger partial charge in [-0.3, -0.25) is 9.69 Å². The Balaban J connectivity index is 1.83. The van der Waals surface area contributed by atoms with Gasteiger partial charge < -0.3 is 4.90 Å². The monoisotopic (exact) mass is 288 g/mol. The molecule has 1 heterocycles. The molecule has 1 aromatic rings. The van der Waals surface area contributed by atoms with Crippen molar-refractivity contribution in [1.82, 2.24) is 9.80 Å². The number of aryl methyl sites for hydroxylation is 1. The number of benzene rings is 1. The molecule has 116 valence electrons. The molecular formula is C18H28N2O. The molecule has 1 aliphatic rings. The maximum absolute atomic E-state index is 12.3. The Morgan fingerprint density at radius 1 is 1.29 bits per heavy atom. The van der Waals surface area contributed by atoms with Crippen LogP contribution in [0.25, 0.3) is 0 Å². The molecule has 1 aliphatic heterocycles. The number of carbonyl (C=O) groups excluding carboxylic acids is 1. The molecule has 0 aromatic heterocycles. The molecule has 1 atom stereocenters. The van der Waals surface area contributed by atoms with E-state index in [4.69, 9.17) is 0 Å². The molecule has 1 unspecified atom stereocenters. The lowest BCUT2D eigenvalue weighted by Gasteiger charge is -2.31. The van der Waals surface area contributed by atoms with Crippen molar-refractivity contribution in [3.8, 4) is 0 Å². The Hall–Kier alpha value is -1.35. The van der Waals surface area contributed by atoms with Crippen molar-refractivity contribution in [2.24, 2.45) is 5.92 Å². The van der Waals surface area contributed by atoms with Crippen molar-refractivity contribution in [3.05, 3.63) is 35.4 Å². The van der Waals surface area contributed by atoms with Crippen LogP contribution in [0.3, 0.4) is 0 Å². The van der Waals surface area contributed by atoms with Crippen molar-refractivity contribution in [3.63, 3.8) is 0 Å². The number of amides is 1. The van der Waals surface area contributed by atoms with Crippen molar-refractivity contribution < 1.29 is 4.79 Å². The lowest BCUT2D eigenvalue weighted by atomic mass is 10.0. The van der Waals surface area contributed by atoms with E-state index in [1.165, 1.54) is 24.0 Å². The average Bonchev–Trinajstić information content (AvgIpc) is 2.48. The number of likely N-dealkylation sites (N-methyl/N-ethyl adjacent to an activating group) is 1. The minimum absolute atomic E-state index is 0.226. The number of hydrogen-bond acceptors (Lipinski definition) is 2. The molecular weight excluding hydrogens is 260 g/mol. The summed E-state index contributed by atoms with van der Waals surface area (Å²) in [6.07, 6.45) is 3.57. The topological polar surface area (TPSA) is 23.6 Å². The number of hydrogen-bond donors (Lipinski definition) is 0. The van der Waals surface area contributed by atoms with Gasteiger partial charge in [-0.25, -0.2) is 0 Å². The lowest BCUT2D eigenvalue weighted by Crippen LogP contribution is -2.42. The minimum Gasteiger partial charge on any atom is -0.340 e. The second-order valence-electron chi connectivity index (χ2n) is 6.40. The molecule has 0 spiro atoms. The third-order valence-corrected chi connectivity index (χ3v) is 4.38. The van der Waals surface area contributed by atoms with E-state index >= 15 is 0 Å². The van der Waals surface area contributed by atoms with E-state index in [1.54, 1.807) is 0 Å². The van der Waals surface area contributed by atoms with Gasteiger partial charge in [0.05, 0.1) is 6.54 Å². The molecule has 0 N–H and O–H groups in total. The van der Waals surface area contributed by atoms with Crippen molar-refractivity contribution in [2.75, 3.05) is 26.7 Å². The highest BCUT2D eigenvalue weighted by molar-refractivity contribution is 5.78. The summed E-state index contributed by atoms with van der Waals surface area (Å²) < 4.78 is 0. The van der Waals surface area contributed by atoms with E-state index < -0.39 is 0 Å². The van der Waals surface area contributed by atoms with Crippen molar-refractivity contribution >= 4 is 5.91 Å². The molecule has 1 aromatic carbocycles. The summed E-state index contributed by atoms with van der Waals surface area (Å²) in [5.74, 6) is 0.946. The van der Waals surface area contributed by atoms with Gasteiger partial charge in [0.25, 0.3) is 0 Å². The number of nitrogens with zero attached hydrogens (tertiary/aromatic N) is 2. The summed E-state index contributed by atoms with van der Waals surface area (Å²) in [6.45, 7) is 7.82. The van der Waals surface area contributed by atoms with Crippen LogP contribution in [0.15, 0.2) is 24.3 Å². The van der Waals surface area contributed by atoms with Crippen LogP contribution in [0.4, 0.5) is 0 Å². The van der Waals surface area contributed by atoms with Gasteiger partial charge in [-0.05, 0) is 42.9 Å². The van der Waals surface area contributed by atoms with Gasteiger partial charge in [0.2, 0.25) is 5.91 Å². The molecule has 1 saturated heterocycles. The van der Waals surface area contributed by atoms with Crippen LogP contribution in [0.5, 0.6) is 0 Å². The van der Waals surface area contributed by atoms with Gasteiger partial charge in [0, 0.05) is 20.1 Å². The van der Waals surface area contributed by atoms with Gasteiger partial charge in [0.15, 0.2) is 0 Å². The van der Waals surface area contributed by atoms with E-state index in [9.17, 15) is 4.79 Å². The second kappa shape index (κ2) is 7.60. The third-order valence-electron chi connectivity index (χ3n) is 4.38. The Morgan fingerprint density at radius 2 is 1.95 bits per heavy atom. The average molecular weight is 288 g/mol. The highest BCUT2D eigenvalue weighted by atomic mass is 16.2. The quantitative estimate of drug-likeness (QED) is 0.831. The zero-order valence-electron chi connectivity index (χ0n) is 13.6. The fraction of sp³-hybridized carbons (Fsp3) is 0.611. The third kappa shape index (κ3) is 4.85. The van der Waals surface area contributed by atoms with E-state index in [0.717, 1.165) is 25.4 Å². The Bertz CT molecular complexity index is 455. The van der Waals surface area contributed by atoms with E-state index in [0.29, 0.717) is 13.1 Å². The zero-order valence-corrected chi connectivity index (χ0v) is 13.6. The molecule has 0 aliphatic carbocycles. The van der Waals surface area contributed by atoms with Gasteiger partial charge in [-0.2, -0.15) is 0 Å². The summed E-state index contributed by atoms with van der Waals surface area (Å²) in [6, 6.07) is 8.57. The summed E-state index contributed by atoms with van der Waals surface area (Å²) in [5, 5.41) is 0. The van der Waals surface area contributed by atoms with Crippen LogP contribution in [0, 0.1) is 5.92 Å². The van der Waals surface area contributed by atoms with Crippen molar-refractivity contribution in [1.29, 1.82) is 0 Å². The first-order valence-electron chi connectivity index (χ1n) is 8.12. The van der Waals surface area contributed by atoms with E-state index in [1.807, 2.05) is 11.9 Å². The first-order chi connectivity index (χ1) is 10.1. The molecule has 1 amide bonds. The number of likely N-dealkylation sites (tertiary alicyclic amines) is 1. The Kier molecular flexibility index (Phi) is 5.80. The highest BCUT2D eigenvalue weighted by Crippen LogP contribution is 2.15. The first kappa shape index (κ1) is 16.0. The second-order valence-corrected chi connectivity index (χ2v) is 6.40. The van der Waals surface area contributed by atoms with Crippen LogP contribution >= 0.6 is 0 Å². The largest absolute Gasteiger partial charge is 0.340 e. The summed E-state index contributed by atoms with van der Waals surface area (Å²) >= 11 is 0. The SMILES string of the molecule is CCc1ccc(CN(C)C(=O)CN2CCCC(C)C2)cc1. The van der Waals surface area contributed by atoms with Gasteiger partial charge in [0.1, 0.15) is 0 Å². The predicted molar refractivity (Wildman–Crippen MR) is 87.1 cm³/mol. The number of piperidine rings is 1. The molecule has 0 radical (unpaired) electrons. The molecule has 0 saturated carbocycles. The van der Waals surface area contributed by atoms with Gasteiger partial charge >= 0.3 is 0 Å². The van der Waals surface area contributed by atoms with Crippen LogP contribution in [0.1, 0.15) is 37.8 Å². The lowest BCUT2D eigenvalue weighted by molar-refractivity contribution is -0.132. The fourth-order valence-corrected chi connectivity index (χ4v) is 2.98. The first-order valence-corrected chi connectivity index (χ1v) is 8.12. The summed E-state index contributed by atoms with van der Waals surface area (Å²) in [5.41, 5.74) is 2.55. The molecule has 0 bridgehead atoms. The predicted octanol–water partition coefficient (Wildman–Crippen LogP) is 2.94. The smallest absolute Gasteiger partial charge is 0.236 e. The molecule has 1 fully saturated rings. The molecule has 21 heavy (non-hydrogen) atoms.